The molecule has 3 aromatic rings. The molecule has 0 bridgehead atoms. The lowest BCUT2D eigenvalue weighted by atomic mass is 10.1. The van der Waals surface area contributed by atoms with Gasteiger partial charge in [-0.1, -0.05) is 6.07 Å². The summed E-state index contributed by atoms with van der Waals surface area (Å²) < 4.78 is 12.5. The normalized spacial score (nSPS) is 14.4. The maximum Gasteiger partial charge on any atom is 0.234 e. The van der Waals surface area contributed by atoms with E-state index in [1.165, 1.54) is 7.11 Å². The summed E-state index contributed by atoms with van der Waals surface area (Å²) >= 11 is 0. The third kappa shape index (κ3) is 3.12. The Morgan fingerprint density at radius 3 is 2.53 bits per heavy atom. The van der Waals surface area contributed by atoms with Crippen LogP contribution in [0.1, 0.15) is 38.1 Å². The zero-order valence-electron chi connectivity index (χ0n) is 17.4. The molecule has 0 atom stereocenters. The molecule has 0 aliphatic heterocycles. The number of carbonyl (C=O) groups excluding carboxylic acids is 1. The summed E-state index contributed by atoms with van der Waals surface area (Å²) in [6, 6.07) is 11.2. The molecule has 1 saturated carbocycles. The standard InChI is InChI=1S/C22H23N5O3/c1-13(2)24-21(28)22(9-10-22)20-25-19-17(29-3)8-7-16(27(19)26-20)14-5-6-15(12-23)18(11-14)30-4/h5-8,11,13H,9-10H2,1-4H3,(H,24,28). The number of benzene rings is 1. The predicted octanol–water partition coefficient (Wildman–Crippen LogP) is 2.84. The van der Waals surface area contributed by atoms with Gasteiger partial charge in [-0.15, -0.1) is 5.10 Å². The van der Waals surface area contributed by atoms with Crippen molar-refractivity contribution in [1.29, 1.82) is 5.26 Å². The van der Waals surface area contributed by atoms with E-state index in [4.69, 9.17) is 19.6 Å². The molecule has 1 fully saturated rings. The van der Waals surface area contributed by atoms with Crippen molar-refractivity contribution in [3.63, 3.8) is 0 Å². The van der Waals surface area contributed by atoms with Gasteiger partial charge in [-0.25, -0.2) is 9.50 Å². The second kappa shape index (κ2) is 7.34. The Morgan fingerprint density at radius 2 is 1.93 bits per heavy atom. The summed E-state index contributed by atoms with van der Waals surface area (Å²) in [7, 11) is 3.10. The van der Waals surface area contributed by atoms with Crippen LogP contribution in [0.4, 0.5) is 0 Å². The summed E-state index contributed by atoms with van der Waals surface area (Å²) in [5.41, 5.74) is 1.87. The molecule has 2 heterocycles. The molecule has 1 aromatic carbocycles. The van der Waals surface area contributed by atoms with Crippen LogP contribution in [0.5, 0.6) is 11.5 Å². The van der Waals surface area contributed by atoms with Crippen LogP contribution in [0.2, 0.25) is 0 Å². The zero-order chi connectivity index (χ0) is 21.5. The van der Waals surface area contributed by atoms with Gasteiger partial charge in [0.2, 0.25) is 5.91 Å². The van der Waals surface area contributed by atoms with E-state index >= 15 is 0 Å². The van der Waals surface area contributed by atoms with Crippen molar-refractivity contribution in [3.05, 3.63) is 41.7 Å². The van der Waals surface area contributed by atoms with Gasteiger partial charge in [0, 0.05) is 11.6 Å². The number of fused-ring (bicyclic) bond motifs is 1. The minimum Gasteiger partial charge on any atom is -0.495 e. The molecule has 0 radical (unpaired) electrons. The first-order valence-corrected chi connectivity index (χ1v) is 9.77. The first-order chi connectivity index (χ1) is 14.4. The molecule has 8 nitrogen and oxygen atoms in total. The molecule has 154 valence electrons. The van der Waals surface area contributed by atoms with Crippen molar-refractivity contribution in [3.8, 4) is 28.8 Å². The van der Waals surface area contributed by atoms with Crippen LogP contribution in [0.15, 0.2) is 30.3 Å². The van der Waals surface area contributed by atoms with Crippen molar-refractivity contribution >= 4 is 11.6 Å². The first kappa shape index (κ1) is 19.7. The average molecular weight is 405 g/mol. The van der Waals surface area contributed by atoms with Crippen molar-refractivity contribution in [2.24, 2.45) is 0 Å². The topological polar surface area (TPSA) is 102 Å². The zero-order valence-corrected chi connectivity index (χ0v) is 17.4. The van der Waals surface area contributed by atoms with Gasteiger partial charge in [-0.2, -0.15) is 5.26 Å². The van der Waals surface area contributed by atoms with Gasteiger partial charge in [-0.05, 0) is 51.0 Å². The smallest absolute Gasteiger partial charge is 0.234 e. The third-order valence-electron chi connectivity index (χ3n) is 5.32. The molecule has 1 aliphatic rings. The number of hydrogen-bond acceptors (Lipinski definition) is 6. The van der Waals surface area contributed by atoms with Gasteiger partial charge in [0.15, 0.2) is 17.2 Å². The molecular formula is C22H23N5O3. The molecule has 0 spiro atoms. The van der Waals surface area contributed by atoms with Crippen LogP contribution in [0.3, 0.4) is 0 Å². The van der Waals surface area contributed by atoms with Gasteiger partial charge in [-0.3, -0.25) is 4.79 Å². The number of ether oxygens (including phenoxy) is 2. The Bertz CT molecular complexity index is 1170. The van der Waals surface area contributed by atoms with Gasteiger partial charge < -0.3 is 14.8 Å². The lowest BCUT2D eigenvalue weighted by Crippen LogP contribution is -2.39. The maximum absolute atomic E-state index is 12.8. The highest BCUT2D eigenvalue weighted by molar-refractivity contribution is 5.90. The molecule has 8 heteroatoms. The number of aromatic nitrogens is 3. The molecule has 4 rings (SSSR count). The van der Waals surface area contributed by atoms with Crippen LogP contribution in [0, 0.1) is 11.3 Å². The number of nitriles is 1. The molecular weight excluding hydrogens is 382 g/mol. The van der Waals surface area contributed by atoms with Crippen molar-refractivity contribution in [2.75, 3.05) is 14.2 Å². The minimum absolute atomic E-state index is 0.0446. The fourth-order valence-corrected chi connectivity index (χ4v) is 3.54. The van der Waals surface area contributed by atoms with Crippen LogP contribution >= 0.6 is 0 Å². The molecule has 0 saturated heterocycles. The number of amides is 1. The molecule has 30 heavy (non-hydrogen) atoms. The van der Waals surface area contributed by atoms with E-state index < -0.39 is 5.41 Å². The number of pyridine rings is 1. The number of rotatable bonds is 6. The van der Waals surface area contributed by atoms with E-state index in [-0.39, 0.29) is 11.9 Å². The van der Waals surface area contributed by atoms with Gasteiger partial charge in [0.05, 0.1) is 25.5 Å². The van der Waals surface area contributed by atoms with Crippen molar-refractivity contribution in [1.82, 2.24) is 19.9 Å². The summed E-state index contributed by atoms with van der Waals surface area (Å²) in [5, 5.41) is 17.0. The number of carbonyl (C=O) groups is 1. The second-order valence-electron chi connectivity index (χ2n) is 7.69. The Kier molecular flexibility index (Phi) is 4.82. The van der Waals surface area contributed by atoms with Crippen LogP contribution in [-0.2, 0) is 10.2 Å². The molecule has 1 aliphatic carbocycles. The van der Waals surface area contributed by atoms with E-state index in [0.717, 1.165) is 11.3 Å². The Balaban J connectivity index is 1.86. The maximum atomic E-state index is 12.8. The molecule has 2 aromatic heterocycles. The van der Waals surface area contributed by atoms with E-state index in [1.54, 1.807) is 23.8 Å². The Morgan fingerprint density at radius 1 is 1.20 bits per heavy atom. The fourth-order valence-electron chi connectivity index (χ4n) is 3.54. The summed E-state index contributed by atoms with van der Waals surface area (Å²) in [6.07, 6.45) is 1.43. The monoisotopic (exact) mass is 405 g/mol. The summed E-state index contributed by atoms with van der Waals surface area (Å²) in [6.45, 7) is 3.87. The van der Waals surface area contributed by atoms with E-state index in [1.807, 2.05) is 32.0 Å². The van der Waals surface area contributed by atoms with E-state index in [2.05, 4.69) is 11.4 Å². The number of methoxy groups -OCH3 is 2. The van der Waals surface area contributed by atoms with Crippen molar-refractivity contribution in [2.45, 2.75) is 38.1 Å². The summed E-state index contributed by atoms with van der Waals surface area (Å²) in [5.74, 6) is 1.49. The molecule has 0 unspecified atom stereocenters. The highest BCUT2D eigenvalue weighted by Gasteiger charge is 2.55. The quantitative estimate of drug-likeness (QED) is 0.677. The van der Waals surface area contributed by atoms with E-state index in [0.29, 0.717) is 41.4 Å². The van der Waals surface area contributed by atoms with Gasteiger partial charge in [0.25, 0.3) is 0 Å². The first-order valence-electron chi connectivity index (χ1n) is 9.77. The van der Waals surface area contributed by atoms with Gasteiger partial charge in [0.1, 0.15) is 17.2 Å². The number of hydrogen-bond donors (Lipinski definition) is 1. The average Bonchev–Trinajstić information content (AvgIpc) is 3.44. The Labute approximate surface area is 174 Å². The fraction of sp³-hybridized carbons (Fsp3) is 0.364. The van der Waals surface area contributed by atoms with E-state index in [9.17, 15) is 10.1 Å². The molecule has 1 amide bonds. The highest BCUT2D eigenvalue weighted by atomic mass is 16.5. The number of nitrogens with one attached hydrogen (secondary N) is 1. The third-order valence-corrected chi connectivity index (χ3v) is 5.32. The largest absolute Gasteiger partial charge is 0.495 e. The van der Waals surface area contributed by atoms with Gasteiger partial charge >= 0.3 is 0 Å². The second-order valence-corrected chi connectivity index (χ2v) is 7.69. The summed E-state index contributed by atoms with van der Waals surface area (Å²) in [4.78, 5) is 17.5. The van der Waals surface area contributed by atoms with Crippen molar-refractivity contribution < 1.29 is 14.3 Å². The lowest BCUT2D eigenvalue weighted by molar-refractivity contribution is -0.124. The number of nitrogens with zero attached hydrogens (tertiary/aromatic N) is 4. The van der Waals surface area contributed by atoms with Crippen LogP contribution < -0.4 is 14.8 Å². The SMILES string of the molecule is COc1cc(-c2ccc(OC)c3nc(C4(C(=O)NC(C)C)CC4)nn23)ccc1C#N. The van der Waals surface area contributed by atoms with Crippen LogP contribution in [0.25, 0.3) is 16.9 Å². The van der Waals surface area contributed by atoms with Crippen LogP contribution in [-0.4, -0.2) is 40.8 Å². The lowest BCUT2D eigenvalue weighted by Gasteiger charge is -2.14. The predicted molar refractivity (Wildman–Crippen MR) is 110 cm³/mol. The minimum atomic E-state index is -0.694. The Hall–Kier alpha value is -3.60. The highest BCUT2D eigenvalue weighted by Crippen LogP contribution is 2.47. The molecule has 1 N–H and O–H groups in total.